The molecule has 0 unspecified atom stereocenters. The number of amides is 2. The molecule has 0 aliphatic rings. The van der Waals surface area contributed by atoms with E-state index in [4.69, 9.17) is 13.9 Å². The van der Waals surface area contributed by atoms with Crippen LogP contribution in [0.3, 0.4) is 0 Å². The van der Waals surface area contributed by atoms with Crippen LogP contribution in [-0.2, 0) is 0 Å². The van der Waals surface area contributed by atoms with Gasteiger partial charge in [0.2, 0.25) is 0 Å². The predicted molar refractivity (Wildman–Crippen MR) is 102 cm³/mol. The molecule has 7 nitrogen and oxygen atoms in total. The van der Waals surface area contributed by atoms with Crippen molar-refractivity contribution in [1.82, 2.24) is 5.32 Å². The molecule has 2 aromatic heterocycles. The van der Waals surface area contributed by atoms with Gasteiger partial charge in [-0.2, -0.15) is 0 Å². The minimum atomic E-state index is -0.362. The van der Waals surface area contributed by atoms with E-state index in [2.05, 4.69) is 10.6 Å². The summed E-state index contributed by atoms with van der Waals surface area (Å²) >= 11 is 1.18. The Hall–Kier alpha value is -3.26. The van der Waals surface area contributed by atoms with E-state index in [1.54, 1.807) is 43.5 Å². The standard InChI is InChI=1S/C19H18N2O5S/c1-24-13-5-2-3-6-14(13)26-12-10-20-19(23)16-8-9-17(27-16)21-18(22)15-7-4-11-25-15/h2-9,11H,10,12H2,1H3,(H,20,23)(H,21,22). The SMILES string of the molecule is COc1ccccc1OCCNC(=O)c1ccc(NC(=O)c2ccco2)s1. The average Bonchev–Trinajstić information content (AvgIpc) is 3.37. The number of rotatable bonds is 8. The molecule has 2 amide bonds. The molecule has 2 N–H and O–H groups in total. The van der Waals surface area contributed by atoms with Crippen LogP contribution in [0.2, 0.25) is 0 Å². The lowest BCUT2D eigenvalue weighted by Crippen LogP contribution is -2.27. The van der Waals surface area contributed by atoms with Crippen LogP contribution < -0.4 is 20.1 Å². The Morgan fingerprint density at radius 3 is 2.59 bits per heavy atom. The number of carbonyl (C=O) groups excluding carboxylic acids is 2. The maximum atomic E-state index is 12.2. The number of nitrogens with one attached hydrogen (secondary N) is 2. The molecule has 0 aliphatic carbocycles. The molecular weight excluding hydrogens is 368 g/mol. The second kappa shape index (κ2) is 8.91. The van der Waals surface area contributed by atoms with Crippen molar-refractivity contribution in [3.63, 3.8) is 0 Å². The monoisotopic (exact) mass is 386 g/mol. The fraction of sp³-hybridized carbons (Fsp3) is 0.158. The Labute approximate surface area is 159 Å². The Morgan fingerprint density at radius 2 is 1.85 bits per heavy atom. The van der Waals surface area contributed by atoms with E-state index >= 15 is 0 Å². The predicted octanol–water partition coefficient (Wildman–Crippen LogP) is 3.41. The van der Waals surface area contributed by atoms with Crippen molar-refractivity contribution < 1.29 is 23.5 Å². The van der Waals surface area contributed by atoms with E-state index in [9.17, 15) is 9.59 Å². The van der Waals surface area contributed by atoms with Crippen LogP contribution in [0.25, 0.3) is 0 Å². The molecule has 140 valence electrons. The molecule has 3 aromatic rings. The summed E-state index contributed by atoms with van der Waals surface area (Å²) in [5.74, 6) is 0.872. The average molecular weight is 386 g/mol. The molecule has 3 rings (SSSR count). The van der Waals surface area contributed by atoms with Gasteiger partial charge >= 0.3 is 0 Å². The molecule has 2 heterocycles. The zero-order chi connectivity index (χ0) is 19.1. The maximum Gasteiger partial charge on any atom is 0.291 e. The van der Waals surface area contributed by atoms with E-state index in [0.717, 1.165) is 0 Å². The number of hydrogen-bond donors (Lipinski definition) is 2. The van der Waals surface area contributed by atoms with Crippen molar-refractivity contribution in [1.29, 1.82) is 0 Å². The Morgan fingerprint density at radius 1 is 1.04 bits per heavy atom. The highest BCUT2D eigenvalue weighted by atomic mass is 32.1. The lowest BCUT2D eigenvalue weighted by molar-refractivity contribution is 0.0949. The first-order valence-electron chi connectivity index (χ1n) is 8.16. The smallest absolute Gasteiger partial charge is 0.291 e. The van der Waals surface area contributed by atoms with Crippen molar-refractivity contribution in [2.45, 2.75) is 0 Å². The van der Waals surface area contributed by atoms with Gasteiger partial charge in [-0.1, -0.05) is 12.1 Å². The van der Waals surface area contributed by atoms with Gasteiger partial charge < -0.3 is 24.5 Å². The van der Waals surface area contributed by atoms with E-state index in [1.807, 2.05) is 12.1 Å². The summed E-state index contributed by atoms with van der Waals surface area (Å²) in [6, 6.07) is 13.8. The molecule has 0 atom stereocenters. The number of methoxy groups -OCH3 is 1. The van der Waals surface area contributed by atoms with Gasteiger partial charge in [0.05, 0.1) is 29.8 Å². The van der Waals surface area contributed by atoms with Crippen molar-refractivity contribution in [2.75, 3.05) is 25.6 Å². The highest BCUT2D eigenvalue weighted by Crippen LogP contribution is 2.25. The topological polar surface area (TPSA) is 89.8 Å². The van der Waals surface area contributed by atoms with Crippen LogP contribution in [0.5, 0.6) is 11.5 Å². The van der Waals surface area contributed by atoms with Crippen LogP contribution in [0, 0.1) is 0 Å². The number of para-hydroxylation sites is 2. The highest BCUT2D eigenvalue weighted by molar-refractivity contribution is 7.18. The van der Waals surface area contributed by atoms with Gasteiger partial charge in [0.1, 0.15) is 6.61 Å². The Balaban J connectivity index is 1.46. The normalized spacial score (nSPS) is 10.3. The number of hydrogen-bond acceptors (Lipinski definition) is 6. The molecule has 0 bridgehead atoms. The number of furan rings is 1. The zero-order valence-electron chi connectivity index (χ0n) is 14.6. The van der Waals surface area contributed by atoms with E-state index in [-0.39, 0.29) is 17.6 Å². The zero-order valence-corrected chi connectivity index (χ0v) is 15.4. The molecule has 0 spiro atoms. The summed E-state index contributed by atoms with van der Waals surface area (Å²) in [7, 11) is 1.57. The summed E-state index contributed by atoms with van der Waals surface area (Å²) in [5, 5.41) is 6.03. The third kappa shape index (κ3) is 4.89. The van der Waals surface area contributed by atoms with Gasteiger partial charge in [-0.05, 0) is 36.4 Å². The maximum absolute atomic E-state index is 12.2. The van der Waals surface area contributed by atoms with Gasteiger partial charge in [-0.25, -0.2) is 0 Å². The molecule has 0 saturated carbocycles. The fourth-order valence-corrected chi connectivity index (χ4v) is 3.08. The third-order valence-corrected chi connectivity index (χ3v) is 4.53. The second-order valence-corrected chi connectivity index (χ2v) is 6.43. The fourth-order valence-electron chi connectivity index (χ4n) is 2.26. The summed E-state index contributed by atoms with van der Waals surface area (Å²) in [6.45, 7) is 0.641. The van der Waals surface area contributed by atoms with Crippen molar-refractivity contribution in [2.24, 2.45) is 0 Å². The number of carbonyl (C=O) groups is 2. The largest absolute Gasteiger partial charge is 0.493 e. The first-order valence-corrected chi connectivity index (χ1v) is 8.97. The van der Waals surface area contributed by atoms with Gasteiger partial charge in [-0.15, -0.1) is 11.3 Å². The lowest BCUT2D eigenvalue weighted by atomic mass is 10.3. The molecule has 8 heteroatoms. The Bertz CT molecular complexity index is 904. The first kappa shape index (κ1) is 18.5. The summed E-state index contributed by atoms with van der Waals surface area (Å²) < 4.78 is 15.8. The number of thiophene rings is 1. The van der Waals surface area contributed by atoms with E-state index < -0.39 is 0 Å². The van der Waals surface area contributed by atoms with Crippen molar-refractivity contribution in [3.05, 3.63) is 65.4 Å². The minimum Gasteiger partial charge on any atom is -0.493 e. The Kier molecular flexibility index (Phi) is 6.11. The molecule has 0 radical (unpaired) electrons. The summed E-state index contributed by atoms with van der Waals surface area (Å²) in [4.78, 5) is 24.6. The van der Waals surface area contributed by atoms with Crippen LogP contribution in [0.1, 0.15) is 20.2 Å². The van der Waals surface area contributed by atoms with E-state index in [0.29, 0.717) is 34.5 Å². The van der Waals surface area contributed by atoms with Gasteiger partial charge in [0, 0.05) is 0 Å². The number of benzene rings is 1. The molecule has 1 aromatic carbocycles. The molecule has 0 fully saturated rings. The second-order valence-electron chi connectivity index (χ2n) is 5.35. The van der Waals surface area contributed by atoms with Crippen LogP contribution in [-0.4, -0.2) is 32.1 Å². The quantitative estimate of drug-likeness (QED) is 0.579. The number of ether oxygens (including phenoxy) is 2. The lowest BCUT2D eigenvalue weighted by Gasteiger charge is -2.10. The van der Waals surface area contributed by atoms with Crippen LogP contribution in [0.15, 0.2) is 59.2 Å². The molecule has 0 aliphatic heterocycles. The summed E-state index contributed by atoms with van der Waals surface area (Å²) in [5.41, 5.74) is 0. The molecular formula is C19H18N2O5S. The molecule has 27 heavy (non-hydrogen) atoms. The van der Waals surface area contributed by atoms with Gasteiger partial charge in [-0.3, -0.25) is 9.59 Å². The third-order valence-electron chi connectivity index (χ3n) is 3.53. The first-order chi connectivity index (χ1) is 13.2. The summed E-state index contributed by atoms with van der Waals surface area (Å²) in [6.07, 6.45) is 1.43. The molecule has 0 saturated heterocycles. The highest BCUT2D eigenvalue weighted by Gasteiger charge is 2.13. The minimum absolute atomic E-state index is 0.211. The van der Waals surface area contributed by atoms with Crippen molar-refractivity contribution in [3.8, 4) is 11.5 Å². The van der Waals surface area contributed by atoms with Gasteiger partial charge in [0.15, 0.2) is 17.3 Å². The van der Waals surface area contributed by atoms with Crippen molar-refractivity contribution >= 4 is 28.2 Å². The van der Waals surface area contributed by atoms with E-state index in [1.165, 1.54) is 17.6 Å². The van der Waals surface area contributed by atoms with Gasteiger partial charge in [0.25, 0.3) is 11.8 Å². The number of anilines is 1. The van der Waals surface area contributed by atoms with Crippen LogP contribution in [0.4, 0.5) is 5.00 Å². The van der Waals surface area contributed by atoms with Crippen LogP contribution >= 0.6 is 11.3 Å².